The van der Waals surface area contributed by atoms with E-state index in [2.05, 4.69) is 40.1 Å². The molecule has 4 rings (SSSR count). The van der Waals surface area contributed by atoms with Crippen molar-refractivity contribution in [3.8, 4) is 0 Å². The minimum atomic E-state index is 0.391. The Bertz CT molecular complexity index is 412. The third-order valence-electron chi connectivity index (χ3n) is 4.43. The molecule has 4 heteroatoms. The molecule has 2 atom stereocenters. The van der Waals surface area contributed by atoms with Crippen molar-refractivity contribution < 1.29 is 0 Å². The number of fused-ring (bicyclic) bond motifs is 3. The molecule has 2 bridgehead atoms. The number of nitrogens with one attached hydrogen (secondary N) is 1. The molecule has 18 heavy (non-hydrogen) atoms. The molecule has 1 aromatic rings. The molecule has 0 radical (unpaired) electrons. The first-order valence-corrected chi connectivity index (χ1v) is 6.84. The summed E-state index contributed by atoms with van der Waals surface area (Å²) >= 11 is 0. The molecular weight excluding hydrogens is 224 g/mol. The van der Waals surface area contributed by atoms with E-state index in [1.165, 1.54) is 43.9 Å². The molecule has 3 saturated heterocycles. The summed E-state index contributed by atoms with van der Waals surface area (Å²) in [5.74, 6) is 0. The summed E-state index contributed by atoms with van der Waals surface area (Å²) in [6, 6.07) is 3.08. The molecule has 0 aromatic carbocycles. The highest BCUT2D eigenvalue weighted by atomic mass is 15.4. The van der Waals surface area contributed by atoms with Crippen LogP contribution in [0.5, 0.6) is 0 Å². The van der Waals surface area contributed by atoms with Gasteiger partial charge in [0.05, 0.1) is 6.04 Å². The lowest BCUT2D eigenvalue weighted by atomic mass is 9.93. The Balaban J connectivity index is 1.87. The van der Waals surface area contributed by atoms with Gasteiger partial charge in [0.2, 0.25) is 0 Å². The molecule has 4 heterocycles. The van der Waals surface area contributed by atoms with E-state index in [-0.39, 0.29) is 0 Å². The second kappa shape index (κ2) is 4.96. The first kappa shape index (κ1) is 12.1. The average molecular weight is 246 g/mol. The van der Waals surface area contributed by atoms with Gasteiger partial charge in [-0.3, -0.25) is 14.8 Å². The highest BCUT2D eigenvalue weighted by Gasteiger charge is 2.37. The van der Waals surface area contributed by atoms with Gasteiger partial charge in [-0.15, -0.1) is 0 Å². The van der Waals surface area contributed by atoms with Crippen LogP contribution in [0.3, 0.4) is 0 Å². The largest absolute Gasteiger partial charge is 0.312 e. The molecular formula is C14H22N4. The molecule has 0 saturated carbocycles. The first-order valence-electron chi connectivity index (χ1n) is 6.84. The van der Waals surface area contributed by atoms with E-state index >= 15 is 0 Å². The Morgan fingerprint density at radius 2 is 2.11 bits per heavy atom. The van der Waals surface area contributed by atoms with Gasteiger partial charge in [0.1, 0.15) is 0 Å². The average Bonchev–Trinajstić information content (AvgIpc) is 2.43. The van der Waals surface area contributed by atoms with Crippen LogP contribution in [0.15, 0.2) is 18.5 Å². The first-order chi connectivity index (χ1) is 8.79. The van der Waals surface area contributed by atoms with E-state index in [0.29, 0.717) is 12.1 Å². The highest BCUT2D eigenvalue weighted by Crippen LogP contribution is 2.28. The summed E-state index contributed by atoms with van der Waals surface area (Å²) < 4.78 is 0. The van der Waals surface area contributed by atoms with Crippen molar-refractivity contribution in [2.75, 3.05) is 39.8 Å². The topological polar surface area (TPSA) is 31.4 Å². The molecule has 2 unspecified atom stereocenters. The number of hydrogen-bond acceptors (Lipinski definition) is 4. The van der Waals surface area contributed by atoms with E-state index < -0.39 is 0 Å². The molecule has 0 amide bonds. The number of nitrogens with zero attached hydrogens (tertiary/aromatic N) is 3. The van der Waals surface area contributed by atoms with E-state index in [1.54, 1.807) is 0 Å². The number of aromatic nitrogens is 1. The summed E-state index contributed by atoms with van der Waals surface area (Å²) in [6.45, 7) is 8.25. The van der Waals surface area contributed by atoms with E-state index in [4.69, 9.17) is 0 Å². The van der Waals surface area contributed by atoms with Crippen LogP contribution in [0.4, 0.5) is 0 Å². The molecule has 1 N–H and O–H groups in total. The smallest absolute Gasteiger partial charge is 0.0506 e. The van der Waals surface area contributed by atoms with Crippen LogP contribution in [-0.4, -0.2) is 60.6 Å². The molecule has 3 aliphatic heterocycles. The highest BCUT2D eigenvalue weighted by molar-refractivity contribution is 5.27. The number of pyridine rings is 1. The van der Waals surface area contributed by atoms with Crippen molar-refractivity contribution in [3.05, 3.63) is 29.6 Å². The zero-order valence-corrected chi connectivity index (χ0v) is 11.3. The maximum absolute atomic E-state index is 4.30. The second-order valence-corrected chi connectivity index (χ2v) is 5.40. The Hall–Kier alpha value is -0.970. The number of hydrogen-bond donors (Lipinski definition) is 1. The predicted octanol–water partition coefficient (Wildman–Crippen LogP) is 0.650. The third-order valence-corrected chi connectivity index (χ3v) is 4.43. The Labute approximate surface area is 109 Å². The zero-order valence-electron chi connectivity index (χ0n) is 11.3. The Morgan fingerprint density at radius 1 is 1.33 bits per heavy atom. The zero-order chi connectivity index (χ0) is 12.5. The maximum Gasteiger partial charge on any atom is 0.0506 e. The minimum absolute atomic E-state index is 0.391. The molecule has 1 aromatic heterocycles. The van der Waals surface area contributed by atoms with Crippen molar-refractivity contribution >= 4 is 0 Å². The summed E-state index contributed by atoms with van der Waals surface area (Å²) in [5.41, 5.74) is 2.68. The van der Waals surface area contributed by atoms with Gasteiger partial charge in [0.25, 0.3) is 0 Å². The number of aryl methyl sites for hydroxylation is 1. The van der Waals surface area contributed by atoms with Gasteiger partial charge in [0.15, 0.2) is 0 Å². The fourth-order valence-electron chi connectivity index (χ4n) is 3.33. The van der Waals surface area contributed by atoms with Gasteiger partial charge in [0, 0.05) is 51.2 Å². The third kappa shape index (κ3) is 2.05. The van der Waals surface area contributed by atoms with E-state index in [0.717, 1.165) is 0 Å². The number of piperazine rings is 3. The second-order valence-electron chi connectivity index (χ2n) is 5.40. The van der Waals surface area contributed by atoms with Crippen LogP contribution in [0.25, 0.3) is 0 Å². The predicted molar refractivity (Wildman–Crippen MR) is 72.6 cm³/mol. The van der Waals surface area contributed by atoms with Crippen LogP contribution in [0, 0.1) is 6.92 Å². The van der Waals surface area contributed by atoms with Crippen molar-refractivity contribution in [3.63, 3.8) is 0 Å². The Kier molecular flexibility index (Phi) is 3.33. The van der Waals surface area contributed by atoms with Crippen molar-refractivity contribution in [1.82, 2.24) is 20.1 Å². The quantitative estimate of drug-likeness (QED) is 0.848. The normalized spacial score (nSPS) is 32.4. The summed E-state index contributed by atoms with van der Waals surface area (Å²) in [4.78, 5) is 9.52. The van der Waals surface area contributed by atoms with Gasteiger partial charge >= 0.3 is 0 Å². The van der Waals surface area contributed by atoms with Gasteiger partial charge in [-0.1, -0.05) is 0 Å². The lowest BCUT2D eigenvalue weighted by molar-refractivity contribution is -0.00268. The van der Waals surface area contributed by atoms with Gasteiger partial charge < -0.3 is 5.32 Å². The molecule has 4 nitrogen and oxygen atoms in total. The van der Waals surface area contributed by atoms with Crippen LogP contribution in [-0.2, 0) is 0 Å². The van der Waals surface area contributed by atoms with Gasteiger partial charge in [-0.05, 0) is 31.2 Å². The Morgan fingerprint density at radius 3 is 2.67 bits per heavy atom. The van der Waals surface area contributed by atoms with Crippen LogP contribution >= 0.6 is 0 Å². The van der Waals surface area contributed by atoms with Gasteiger partial charge in [-0.25, -0.2) is 0 Å². The molecule has 3 fully saturated rings. The number of rotatable bonds is 3. The fraction of sp³-hybridized carbons (Fsp3) is 0.643. The molecule has 0 spiro atoms. The van der Waals surface area contributed by atoms with Crippen LogP contribution in [0.1, 0.15) is 17.2 Å². The van der Waals surface area contributed by atoms with E-state index in [1.807, 2.05) is 12.4 Å². The number of likely N-dealkylation sites (N-methyl/N-ethyl adjacent to an activating group) is 1. The molecule has 3 aliphatic rings. The summed E-state index contributed by atoms with van der Waals surface area (Å²) in [7, 11) is 2.07. The lowest BCUT2D eigenvalue weighted by Gasteiger charge is -2.50. The van der Waals surface area contributed by atoms with Crippen molar-refractivity contribution in [2.45, 2.75) is 19.0 Å². The van der Waals surface area contributed by atoms with Crippen molar-refractivity contribution in [1.29, 1.82) is 0 Å². The monoisotopic (exact) mass is 246 g/mol. The lowest BCUT2D eigenvalue weighted by Crippen LogP contribution is -2.63. The summed E-state index contributed by atoms with van der Waals surface area (Å²) in [5, 5.41) is 3.51. The summed E-state index contributed by atoms with van der Waals surface area (Å²) in [6.07, 6.45) is 3.90. The standard InChI is InChI=1S/C14H22N4/c1-11-3-4-16-9-12(11)14(15-2)13-10-17-5-7-18(13)8-6-17/h3-4,9,13-15H,5-8,10H2,1-2H3. The van der Waals surface area contributed by atoms with Crippen LogP contribution < -0.4 is 5.32 Å². The van der Waals surface area contributed by atoms with E-state index in [9.17, 15) is 0 Å². The van der Waals surface area contributed by atoms with Gasteiger partial charge in [-0.2, -0.15) is 0 Å². The SMILES string of the molecule is CNC(c1cnccc1C)C1CN2CCN1CC2. The molecule has 98 valence electrons. The fourth-order valence-corrected chi connectivity index (χ4v) is 3.33. The minimum Gasteiger partial charge on any atom is -0.312 e. The maximum atomic E-state index is 4.30. The molecule has 0 aliphatic carbocycles. The van der Waals surface area contributed by atoms with Crippen LogP contribution in [0.2, 0.25) is 0 Å². The van der Waals surface area contributed by atoms with Crippen molar-refractivity contribution in [2.24, 2.45) is 0 Å².